The molecular formula is C20H21F2N5O3. The van der Waals surface area contributed by atoms with Gasteiger partial charge in [0.25, 0.3) is 6.43 Å². The topological polar surface area (TPSA) is 112 Å². The molecule has 4 rings (SSSR count). The molecule has 1 aliphatic rings. The number of hydrogen-bond donors (Lipinski definition) is 4. The van der Waals surface area contributed by atoms with E-state index in [4.69, 9.17) is 4.74 Å². The van der Waals surface area contributed by atoms with Gasteiger partial charge in [0, 0.05) is 12.3 Å². The lowest BCUT2D eigenvalue weighted by atomic mass is 9.72. The summed E-state index contributed by atoms with van der Waals surface area (Å²) in [6.07, 6.45) is 0.872. The maximum Gasteiger partial charge on any atom is 0.320 e. The predicted molar refractivity (Wildman–Crippen MR) is 106 cm³/mol. The molecule has 0 aliphatic heterocycles. The third-order valence-electron chi connectivity index (χ3n) is 5.16. The number of benzene rings is 1. The number of carbonyl (C=O) groups is 1. The number of urea groups is 1. The molecule has 0 radical (unpaired) electrons. The highest BCUT2D eigenvalue weighted by molar-refractivity contribution is 5.92. The summed E-state index contributed by atoms with van der Waals surface area (Å²) in [5.41, 5.74) is 0.297. The molecule has 1 fully saturated rings. The first kappa shape index (κ1) is 20.0. The SMILES string of the molecule is O=C(Nc1cc2[nH]nc(OCC(F)F)c2cn1)NC(c1ccccc1)C1(O)CCC1. The lowest BCUT2D eigenvalue weighted by molar-refractivity contribution is -0.0627. The van der Waals surface area contributed by atoms with Crippen molar-refractivity contribution in [1.82, 2.24) is 20.5 Å². The van der Waals surface area contributed by atoms with Crippen molar-refractivity contribution in [2.24, 2.45) is 0 Å². The summed E-state index contributed by atoms with van der Waals surface area (Å²) >= 11 is 0. The first-order valence-electron chi connectivity index (χ1n) is 9.54. The number of nitrogens with zero attached hydrogens (tertiary/aromatic N) is 2. The number of fused-ring (bicyclic) bond motifs is 1. The van der Waals surface area contributed by atoms with E-state index in [1.165, 1.54) is 12.3 Å². The van der Waals surface area contributed by atoms with Gasteiger partial charge in [-0.15, -0.1) is 5.10 Å². The molecule has 1 unspecified atom stereocenters. The second-order valence-electron chi connectivity index (χ2n) is 7.25. The lowest BCUT2D eigenvalue weighted by Crippen LogP contribution is -2.51. The minimum absolute atomic E-state index is 0.0187. The van der Waals surface area contributed by atoms with Gasteiger partial charge >= 0.3 is 6.03 Å². The normalized spacial score (nSPS) is 16.1. The van der Waals surface area contributed by atoms with Gasteiger partial charge in [-0.1, -0.05) is 30.3 Å². The molecule has 10 heteroatoms. The van der Waals surface area contributed by atoms with E-state index in [0.29, 0.717) is 23.7 Å². The number of aliphatic hydroxyl groups is 1. The Kier molecular flexibility index (Phi) is 5.49. The van der Waals surface area contributed by atoms with E-state index in [-0.39, 0.29) is 11.7 Å². The summed E-state index contributed by atoms with van der Waals surface area (Å²) in [5.74, 6) is 0.251. The van der Waals surface area contributed by atoms with Crippen LogP contribution in [0.2, 0.25) is 0 Å². The van der Waals surface area contributed by atoms with Crippen LogP contribution in [0.3, 0.4) is 0 Å². The number of alkyl halides is 2. The molecule has 2 amide bonds. The van der Waals surface area contributed by atoms with Crippen LogP contribution in [0.25, 0.3) is 10.9 Å². The van der Waals surface area contributed by atoms with Crippen molar-refractivity contribution in [3.05, 3.63) is 48.2 Å². The molecule has 8 nitrogen and oxygen atoms in total. The fourth-order valence-corrected chi connectivity index (χ4v) is 3.49. The molecule has 1 saturated carbocycles. The number of pyridine rings is 1. The van der Waals surface area contributed by atoms with Gasteiger partial charge < -0.3 is 15.2 Å². The zero-order valence-electron chi connectivity index (χ0n) is 15.9. The Labute approximate surface area is 170 Å². The fourth-order valence-electron chi connectivity index (χ4n) is 3.49. The molecule has 0 spiro atoms. The molecule has 2 aromatic heterocycles. The van der Waals surface area contributed by atoms with Crippen LogP contribution in [0.5, 0.6) is 5.88 Å². The third kappa shape index (κ3) is 4.18. The van der Waals surface area contributed by atoms with Crippen molar-refractivity contribution in [2.45, 2.75) is 37.3 Å². The number of anilines is 1. The predicted octanol–water partition coefficient (Wildman–Crippen LogP) is 3.38. The molecule has 30 heavy (non-hydrogen) atoms. The van der Waals surface area contributed by atoms with E-state index >= 15 is 0 Å². The molecule has 1 aromatic carbocycles. The third-order valence-corrected chi connectivity index (χ3v) is 5.16. The van der Waals surface area contributed by atoms with Gasteiger partial charge in [-0.25, -0.2) is 18.6 Å². The number of ether oxygens (including phenoxy) is 1. The Bertz CT molecular complexity index is 1020. The van der Waals surface area contributed by atoms with Gasteiger partial charge in [-0.3, -0.25) is 10.4 Å². The quantitative estimate of drug-likeness (QED) is 0.471. The maximum absolute atomic E-state index is 12.6. The highest BCUT2D eigenvalue weighted by Gasteiger charge is 2.43. The minimum Gasteiger partial charge on any atom is -0.470 e. The molecule has 1 aliphatic carbocycles. The van der Waals surface area contributed by atoms with Gasteiger partial charge in [0.2, 0.25) is 5.88 Å². The van der Waals surface area contributed by atoms with Crippen LogP contribution in [-0.2, 0) is 0 Å². The van der Waals surface area contributed by atoms with Crippen LogP contribution in [0, 0.1) is 0 Å². The molecule has 2 heterocycles. The summed E-state index contributed by atoms with van der Waals surface area (Å²) in [4.78, 5) is 16.7. The number of carbonyl (C=O) groups excluding carboxylic acids is 1. The van der Waals surface area contributed by atoms with E-state index < -0.39 is 30.7 Å². The van der Waals surface area contributed by atoms with Gasteiger partial charge in [0.15, 0.2) is 6.61 Å². The van der Waals surface area contributed by atoms with Crippen molar-refractivity contribution in [2.75, 3.05) is 11.9 Å². The Morgan fingerprint density at radius 1 is 1.30 bits per heavy atom. The van der Waals surface area contributed by atoms with Gasteiger partial charge in [0.1, 0.15) is 5.82 Å². The van der Waals surface area contributed by atoms with E-state index in [9.17, 15) is 18.7 Å². The van der Waals surface area contributed by atoms with Crippen molar-refractivity contribution >= 4 is 22.8 Å². The Hall–Kier alpha value is -3.27. The van der Waals surface area contributed by atoms with Crippen LogP contribution in [-0.4, -0.2) is 45.0 Å². The number of aromatic nitrogens is 3. The molecule has 0 bridgehead atoms. The Morgan fingerprint density at radius 2 is 2.07 bits per heavy atom. The number of rotatable bonds is 7. The highest BCUT2D eigenvalue weighted by Crippen LogP contribution is 2.42. The van der Waals surface area contributed by atoms with Gasteiger partial charge in [-0.2, -0.15) is 0 Å². The molecular weight excluding hydrogens is 396 g/mol. The molecule has 158 valence electrons. The number of aromatic amines is 1. The van der Waals surface area contributed by atoms with E-state index in [1.54, 1.807) is 0 Å². The van der Waals surface area contributed by atoms with E-state index in [1.807, 2.05) is 30.3 Å². The van der Waals surface area contributed by atoms with Crippen LogP contribution in [0.1, 0.15) is 30.9 Å². The fraction of sp³-hybridized carbons (Fsp3) is 0.350. The number of nitrogens with one attached hydrogen (secondary N) is 3. The summed E-state index contributed by atoms with van der Waals surface area (Å²) in [5, 5.41) is 23.2. The van der Waals surface area contributed by atoms with Crippen molar-refractivity contribution in [1.29, 1.82) is 0 Å². The summed E-state index contributed by atoms with van der Waals surface area (Å²) in [6.45, 7) is -0.772. The van der Waals surface area contributed by atoms with Crippen LogP contribution < -0.4 is 15.4 Å². The van der Waals surface area contributed by atoms with E-state index in [2.05, 4.69) is 25.8 Å². The van der Waals surface area contributed by atoms with Crippen LogP contribution >= 0.6 is 0 Å². The average Bonchev–Trinajstić information content (AvgIpc) is 3.11. The van der Waals surface area contributed by atoms with Gasteiger partial charge in [-0.05, 0) is 24.8 Å². The standard InChI is InChI=1S/C20H21F2N5O3/c21-15(22)11-30-18-13-10-23-16(9-14(13)26-27-18)24-19(28)25-17(20(29)7-4-8-20)12-5-2-1-3-6-12/h1-3,5-6,9-10,15,17,29H,4,7-8,11H2,(H,26,27)(H2,23,24,25,28). The summed E-state index contributed by atoms with van der Waals surface area (Å²) in [6, 6.07) is 9.73. The first-order valence-corrected chi connectivity index (χ1v) is 9.54. The van der Waals surface area contributed by atoms with Crippen LogP contribution in [0.15, 0.2) is 42.6 Å². The smallest absolute Gasteiger partial charge is 0.320 e. The number of hydrogen-bond acceptors (Lipinski definition) is 5. The molecule has 0 saturated heterocycles. The van der Waals surface area contributed by atoms with Crippen molar-refractivity contribution < 1.29 is 23.4 Å². The van der Waals surface area contributed by atoms with Gasteiger partial charge in [0.05, 0.1) is 22.5 Å². The summed E-state index contributed by atoms with van der Waals surface area (Å²) < 4.78 is 29.6. The highest BCUT2D eigenvalue weighted by atomic mass is 19.3. The second-order valence-corrected chi connectivity index (χ2v) is 7.25. The maximum atomic E-state index is 12.6. The first-order chi connectivity index (χ1) is 14.4. The molecule has 4 N–H and O–H groups in total. The number of H-pyrrole nitrogens is 1. The van der Waals surface area contributed by atoms with Crippen LogP contribution in [0.4, 0.5) is 19.4 Å². The second kappa shape index (κ2) is 8.23. The van der Waals surface area contributed by atoms with E-state index in [0.717, 1.165) is 12.0 Å². The number of amides is 2. The Balaban J connectivity index is 1.47. The number of halogens is 2. The summed E-state index contributed by atoms with van der Waals surface area (Å²) in [7, 11) is 0. The molecule has 1 atom stereocenters. The zero-order valence-corrected chi connectivity index (χ0v) is 15.9. The zero-order chi connectivity index (χ0) is 21.1. The van der Waals surface area contributed by atoms with Crippen molar-refractivity contribution in [3.8, 4) is 5.88 Å². The largest absolute Gasteiger partial charge is 0.470 e. The molecule has 3 aromatic rings. The lowest BCUT2D eigenvalue weighted by Gasteiger charge is -2.43. The minimum atomic E-state index is -2.61. The monoisotopic (exact) mass is 417 g/mol. The van der Waals surface area contributed by atoms with Crippen molar-refractivity contribution in [3.63, 3.8) is 0 Å². The average molecular weight is 417 g/mol. The Morgan fingerprint density at radius 3 is 2.73 bits per heavy atom.